The third-order valence-electron chi connectivity index (χ3n) is 4.33. The summed E-state index contributed by atoms with van der Waals surface area (Å²) in [4.78, 5) is 12.6. The monoisotopic (exact) mass is 377 g/mol. The van der Waals surface area contributed by atoms with Gasteiger partial charge in [-0.15, -0.1) is 0 Å². The van der Waals surface area contributed by atoms with Gasteiger partial charge >= 0.3 is 5.97 Å². The molecule has 0 saturated heterocycles. The van der Waals surface area contributed by atoms with Gasteiger partial charge in [0.15, 0.2) is 0 Å². The Labute approximate surface area is 167 Å². The fraction of sp³-hybridized carbons (Fsp3) is 0.292. The molecule has 0 unspecified atom stereocenters. The number of carboxylic acids is 1. The van der Waals surface area contributed by atoms with E-state index in [9.17, 15) is 4.79 Å². The van der Waals surface area contributed by atoms with Gasteiger partial charge in [-0.1, -0.05) is 56.0 Å². The Morgan fingerprint density at radius 1 is 1.14 bits per heavy atom. The predicted molar refractivity (Wildman–Crippen MR) is 114 cm³/mol. The molecule has 0 amide bonds. The zero-order valence-electron chi connectivity index (χ0n) is 16.9. The summed E-state index contributed by atoms with van der Waals surface area (Å²) < 4.78 is 5.22. The van der Waals surface area contributed by atoms with Gasteiger partial charge in [-0.3, -0.25) is 9.69 Å². The van der Waals surface area contributed by atoms with Crippen LogP contribution in [0.4, 0.5) is 0 Å². The quantitative estimate of drug-likeness (QED) is 0.732. The number of hydrogen-bond donors (Lipinski definition) is 1. The molecule has 0 bridgehead atoms. The molecule has 2 aromatic carbocycles. The summed E-state index contributed by atoms with van der Waals surface area (Å²) in [6, 6.07) is 16.0. The van der Waals surface area contributed by atoms with Crippen molar-refractivity contribution in [1.29, 1.82) is 0 Å². The lowest BCUT2D eigenvalue weighted by Gasteiger charge is -2.11. The van der Waals surface area contributed by atoms with Crippen LogP contribution in [0, 0.1) is 11.8 Å². The number of nitrogens with zero attached hydrogens (tertiary/aromatic N) is 1. The van der Waals surface area contributed by atoms with Crippen molar-refractivity contribution in [2.75, 3.05) is 27.2 Å². The molecule has 0 fully saturated rings. The van der Waals surface area contributed by atoms with E-state index in [4.69, 9.17) is 9.84 Å². The van der Waals surface area contributed by atoms with Crippen LogP contribution in [0.15, 0.2) is 54.6 Å². The Morgan fingerprint density at radius 3 is 2.32 bits per heavy atom. The van der Waals surface area contributed by atoms with Crippen molar-refractivity contribution in [1.82, 2.24) is 4.90 Å². The minimum atomic E-state index is -0.849. The molecule has 4 nitrogen and oxygen atoms in total. The van der Waals surface area contributed by atoms with Gasteiger partial charge in [0.1, 0.15) is 5.75 Å². The van der Waals surface area contributed by atoms with Crippen LogP contribution < -0.4 is 4.74 Å². The third kappa shape index (κ3) is 6.61. The zero-order valence-corrected chi connectivity index (χ0v) is 16.9. The summed E-state index contributed by atoms with van der Waals surface area (Å²) in [6.07, 6.45) is 1.96. The van der Waals surface area contributed by atoms with Crippen LogP contribution in [-0.2, 0) is 4.79 Å². The Bertz CT molecular complexity index is 869. The van der Waals surface area contributed by atoms with E-state index >= 15 is 0 Å². The van der Waals surface area contributed by atoms with Crippen LogP contribution in [0.2, 0.25) is 0 Å². The van der Waals surface area contributed by atoms with E-state index < -0.39 is 5.97 Å². The first-order valence-electron chi connectivity index (χ1n) is 9.26. The molecule has 1 N–H and O–H groups in total. The summed E-state index contributed by atoms with van der Waals surface area (Å²) in [5.41, 5.74) is 4.05. The maximum Gasteiger partial charge on any atom is 0.317 e. The summed E-state index contributed by atoms with van der Waals surface area (Å²) >= 11 is 0. The second kappa shape index (κ2) is 10.3. The highest BCUT2D eigenvalue weighted by Gasteiger charge is 2.05. The predicted octanol–water partition coefficient (Wildman–Crippen LogP) is 4.27. The Hall–Kier alpha value is -3.03. The Balaban J connectivity index is 2.28. The molecule has 0 aliphatic heterocycles. The van der Waals surface area contributed by atoms with Gasteiger partial charge in [-0.25, -0.2) is 0 Å². The smallest absolute Gasteiger partial charge is 0.317 e. The molecule has 0 saturated carbocycles. The van der Waals surface area contributed by atoms with Crippen molar-refractivity contribution >= 4 is 11.5 Å². The van der Waals surface area contributed by atoms with Crippen LogP contribution in [0.25, 0.3) is 5.57 Å². The molecule has 0 spiro atoms. The van der Waals surface area contributed by atoms with E-state index in [2.05, 4.69) is 37.8 Å². The fourth-order valence-electron chi connectivity index (χ4n) is 2.65. The lowest BCUT2D eigenvalue weighted by Crippen LogP contribution is -2.25. The molecule has 4 heteroatoms. The SMILES string of the molecule is COc1ccc(/C(C#Cc2ccc(C(C)C)cc2)=C\CN(C)CC(=O)O)cc1. The summed E-state index contributed by atoms with van der Waals surface area (Å²) in [6.45, 7) is 4.81. The largest absolute Gasteiger partial charge is 0.497 e. The molecule has 0 heterocycles. The first kappa shape index (κ1) is 21.3. The van der Waals surface area contributed by atoms with E-state index in [1.54, 1.807) is 19.1 Å². The van der Waals surface area contributed by atoms with Gasteiger partial charge in [0.05, 0.1) is 13.7 Å². The van der Waals surface area contributed by atoms with Crippen molar-refractivity contribution in [3.05, 3.63) is 71.3 Å². The average molecular weight is 377 g/mol. The summed E-state index contributed by atoms with van der Waals surface area (Å²) in [5, 5.41) is 8.93. The molecule has 0 aliphatic carbocycles. The number of allylic oxidation sites excluding steroid dienone is 1. The standard InChI is InChI=1S/C24H27NO3/c1-18(2)20-8-5-19(6-9-20)7-10-22(15-16-25(3)17-24(26)27)21-11-13-23(28-4)14-12-21/h5-6,8-9,11-15,18H,16-17H2,1-4H3,(H,26,27)/b22-15-. The second-order valence-electron chi connectivity index (χ2n) is 6.96. The average Bonchev–Trinajstić information content (AvgIpc) is 2.68. The molecular weight excluding hydrogens is 350 g/mol. The van der Waals surface area contributed by atoms with Crippen LogP contribution in [0.5, 0.6) is 5.75 Å². The number of rotatable bonds is 7. The number of carbonyl (C=O) groups is 1. The number of ether oxygens (including phenoxy) is 1. The molecule has 0 aliphatic rings. The lowest BCUT2D eigenvalue weighted by molar-refractivity contribution is -0.137. The van der Waals surface area contributed by atoms with E-state index in [1.807, 2.05) is 42.5 Å². The Morgan fingerprint density at radius 2 is 1.79 bits per heavy atom. The van der Waals surface area contributed by atoms with Crippen LogP contribution in [0.3, 0.4) is 0 Å². The molecule has 28 heavy (non-hydrogen) atoms. The highest BCUT2D eigenvalue weighted by molar-refractivity contribution is 5.80. The number of aliphatic carboxylic acids is 1. The maximum absolute atomic E-state index is 10.9. The van der Waals surface area contributed by atoms with E-state index in [-0.39, 0.29) is 6.54 Å². The van der Waals surface area contributed by atoms with E-state index in [0.717, 1.165) is 22.4 Å². The topological polar surface area (TPSA) is 49.8 Å². The van der Waals surface area contributed by atoms with Gasteiger partial charge in [-0.05, 0) is 48.4 Å². The molecule has 0 atom stereocenters. The maximum atomic E-state index is 10.9. The van der Waals surface area contributed by atoms with Crippen molar-refractivity contribution in [3.8, 4) is 17.6 Å². The molecule has 0 radical (unpaired) electrons. The minimum absolute atomic E-state index is 0.0174. The van der Waals surface area contributed by atoms with Crippen molar-refractivity contribution in [2.45, 2.75) is 19.8 Å². The number of likely N-dealkylation sites (N-methyl/N-ethyl adjacent to an activating group) is 1. The van der Waals surface area contributed by atoms with Gasteiger partial charge < -0.3 is 9.84 Å². The molecular formula is C24H27NO3. The Kier molecular flexibility index (Phi) is 7.86. The van der Waals surface area contributed by atoms with Crippen LogP contribution in [0.1, 0.15) is 36.5 Å². The van der Waals surface area contributed by atoms with Gasteiger partial charge in [0.2, 0.25) is 0 Å². The zero-order chi connectivity index (χ0) is 20.5. The third-order valence-corrected chi connectivity index (χ3v) is 4.33. The molecule has 2 rings (SSSR count). The highest BCUT2D eigenvalue weighted by Crippen LogP contribution is 2.19. The van der Waals surface area contributed by atoms with Crippen molar-refractivity contribution in [2.24, 2.45) is 0 Å². The number of methoxy groups -OCH3 is 1. The second-order valence-corrected chi connectivity index (χ2v) is 6.96. The summed E-state index contributed by atoms with van der Waals surface area (Å²) in [5.74, 6) is 6.88. The normalized spacial score (nSPS) is 11.3. The van der Waals surface area contributed by atoms with Crippen LogP contribution in [-0.4, -0.2) is 43.2 Å². The first-order chi connectivity index (χ1) is 13.4. The van der Waals surface area contributed by atoms with Crippen molar-refractivity contribution < 1.29 is 14.6 Å². The number of benzene rings is 2. The van der Waals surface area contributed by atoms with E-state index in [0.29, 0.717) is 12.5 Å². The van der Waals surface area contributed by atoms with E-state index in [1.165, 1.54) is 5.56 Å². The van der Waals surface area contributed by atoms with Crippen LogP contribution >= 0.6 is 0 Å². The molecule has 0 aromatic heterocycles. The number of carboxylic acid groups (broad SMARTS) is 1. The van der Waals surface area contributed by atoms with Crippen molar-refractivity contribution in [3.63, 3.8) is 0 Å². The lowest BCUT2D eigenvalue weighted by atomic mass is 10.0. The van der Waals surface area contributed by atoms with Gasteiger partial charge in [0.25, 0.3) is 0 Å². The minimum Gasteiger partial charge on any atom is -0.497 e. The highest BCUT2D eigenvalue weighted by atomic mass is 16.5. The fourth-order valence-corrected chi connectivity index (χ4v) is 2.65. The molecule has 146 valence electrons. The van der Waals surface area contributed by atoms with Gasteiger partial charge in [0, 0.05) is 17.7 Å². The number of hydrogen-bond acceptors (Lipinski definition) is 3. The molecule has 2 aromatic rings. The van der Waals surface area contributed by atoms with Gasteiger partial charge in [-0.2, -0.15) is 0 Å². The first-order valence-corrected chi connectivity index (χ1v) is 9.26. The summed E-state index contributed by atoms with van der Waals surface area (Å²) in [7, 11) is 3.40.